The van der Waals surface area contributed by atoms with E-state index >= 15 is 0 Å². The molecule has 9 nitrogen and oxygen atoms in total. The number of pyridine rings is 1. The van der Waals surface area contributed by atoms with Crippen LogP contribution in [0.1, 0.15) is 96.0 Å². The van der Waals surface area contributed by atoms with Gasteiger partial charge in [-0.15, -0.1) is 0 Å². The Kier molecular flexibility index (Phi) is 8.40. The lowest BCUT2D eigenvalue weighted by Gasteiger charge is -2.58. The van der Waals surface area contributed by atoms with E-state index in [1.54, 1.807) is 27.8 Å². The van der Waals surface area contributed by atoms with Gasteiger partial charge in [-0.1, -0.05) is 48.3 Å². The van der Waals surface area contributed by atoms with Crippen LogP contribution in [0.5, 0.6) is 0 Å². The number of imide groups is 1. The highest BCUT2D eigenvalue weighted by Crippen LogP contribution is 2.73. The number of carbonyl (C=O) groups is 4. The second-order valence-corrected chi connectivity index (χ2v) is 19.6. The van der Waals surface area contributed by atoms with E-state index in [2.05, 4.69) is 30.2 Å². The molecule has 3 fully saturated rings. The molecule has 1 N–H and O–H groups in total. The minimum absolute atomic E-state index is 0.0352. The summed E-state index contributed by atoms with van der Waals surface area (Å²) in [5.74, 6) is 2.49. The van der Waals surface area contributed by atoms with Crippen LogP contribution in [0.25, 0.3) is 0 Å². The molecule has 11 rings (SSSR count). The van der Waals surface area contributed by atoms with Crippen molar-refractivity contribution in [1.29, 1.82) is 0 Å². The molecule has 1 saturated heterocycles. The van der Waals surface area contributed by atoms with Gasteiger partial charge in [-0.3, -0.25) is 14.5 Å². The smallest absolute Gasteiger partial charge is 0.340 e. The number of hydrogen-bond acceptors (Lipinski definition) is 10. The first-order chi connectivity index (χ1) is 26.2. The molecule has 2 amide bonds. The lowest BCUT2D eigenvalue weighted by Crippen LogP contribution is -2.54. The van der Waals surface area contributed by atoms with Crippen LogP contribution in [-0.4, -0.2) is 51.8 Å². The number of nitrogens with one attached hydrogen (secondary N) is 1. The summed E-state index contributed by atoms with van der Waals surface area (Å²) in [5.41, 5.74) is 5.08. The number of rotatable bonds is 4. The van der Waals surface area contributed by atoms with E-state index in [-0.39, 0.29) is 59.4 Å². The van der Waals surface area contributed by atoms with Gasteiger partial charge in [-0.2, -0.15) is 0 Å². The maximum atomic E-state index is 14.7. The van der Waals surface area contributed by atoms with Gasteiger partial charge >= 0.3 is 11.9 Å². The van der Waals surface area contributed by atoms with E-state index in [1.165, 1.54) is 35.5 Å². The topological polar surface area (TPSA) is 115 Å². The molecule has 1 aromatic rings. The quantitative estimate of drug-likeness (QED) is 0.183. The first kappa shape index (κ1) is 34.9. The van der Waals surface area contributed by atoms with E-state index in [0.717, 1.165) is 85.2 Å². The molecule has 1 aromatic heterocycles. The number of ether oxygens (including phenoxy) is 2. The zero-order chi connectivity index (χ0) is 36.9. The minimum Gasteiger partial charge on any atom is -0.427 e. The van der Waals surface area contributed by atoms with Crippen molar-refractivity contribution in [2.45, 2.75) is 90.4 Å². The zero-order valence-electron chi connectivity index (χ0n) is 31.0. The summed E-state index contributed by atoms with van der Waals surface area (Å²) in [7, 11) is 3.55. The maximum Gasteiger partial charge on any atom is 0.340 e. The van der Waals surface area contributed by atoms with Gasteiger partial charge in [0.15, 0.2) is 0 Å². The van der Waals surface area contributed by atoms with Gasteiger partial charge in [0, 0.05) is 53.6 Å². The summed E-state index contributed by atoms with van der Waals surface area (Å²) in [6.07, 6.45) is 17.5. The summed E-state index contributed by atoms with van der Waals surface area (Å²) >= 11 is 0. The molecule has 0 aromatic carbocycles. The largest absolute Gasteiger partial charge is 0.427 e. The van der Waals surface area contributed by atoms with Crippen molar-refractivity contribution in [2.75, 3.05) is 23.5 Å². The van der Waals surface area contributed by atoms with Gasteiger partial charge in [-0.05, 0) is 122 Å². The molecule has 0 radical (unpaired) electrons. The number of aromatic nitrogens is 1. The summed E-state index contributed by atoms with van der Waals surface area (Å²) < 4.78 is 13.0. The molecule has 7 unspecified atom stereocenters. The van der Waals surface area contributed by atoms with Crippen LogP contribution in [0.4, 0.5) is 5.82 Å². The lowest BCUT2D eigenvalue weighted by molar-refractivity contribution is -0.137. The van der Waals surface area contributed by atoms with E-state index in [4.69, 9.17) is 9.47 Å². The van der Waals surface area contributed by atoms with Crippen molar-refractivity contribution in [3.05, 3.63) is 81.5 Å². The van der Waals surface area contributed by atoms with E-state index in [9.17, 15) is 19.2 Å². The summed E-state index contributed by atoms with van der Waals surface area (Å²) in [6, 6.07) is 3.97. The summed E-state index contributed by atoms with van der Waals surface area (Å²) in [5, 5.41) is 3.46. The average Bonchev–Trinajstić information content (AvgIpc) is 3.95. The average molecular weight is 766 g/mol. The summed E-state index contributed by atoms with van der Waals surface area (Å²) in [6.45, 7) is 4.64. The van der Waals surface area contributed by atoms with Gasteiger partial charge in [0.25, 0.3) is 11.8 Å². The highest BCUT2D eigenvalue weighted by atomic mass is 33.1. The Labute approximate surface area is 324 Å². The molecule has 10 aliphatic rings. The maximum absolute atomic E-state index is 14.7. The van der Waals surface area contributed by atoms with Gasteiger partial charge in [0.05, 0.1) is 16.9 Å². The Morgan fingerprint density at radius 3 is 2.61 bits per heavy atom. The fourth-order valence-electron chi connectivity index (χ4n) is 12.4. The van der Waals surface area contributed by atoms with E-state index in [0.29, 0.717) is 35.4 Å². The predicted octanol–water partition coefficient (Wildman–Crippen LogP) is 8.15. The number of fused-ring (bicyclic) bond motifs is 3. The first-order valence-corrected chi connectivity index (χ1v) is 22.6. The monoisotopic (exact) mass is 765 g/mol. The second-order valence-electron chi connectivity index (χ2n) is 17.1. The van der Waals surface area contributed by atoms with Crippen molar-refractivity contribution < 1.29 is 28.7 Å². The van der Waals surface area contributed by atoms with Gasteiger partial charge in [0.1, 0.15) is 17.3 Å². The highest BCUT2D eigenvalue weighted by molar-refractivity contribution is 8.76. The molecule has 7 bridgehead atoms. The molecular formula is C43H47N3O6S2. The molecule has 11 heteroatoms. The minimum atomic E-state index is -0.830. The third-order valence-corrected chi connectivity index (χ3v) is 17.1. The Bertz CT molecular complexity index is 2020. The molecule has 4 aliphatic heterocycles. The van der Waals surface area contributed by atoms with Crippen LogP contribution >= 0.6 is 21.6 Å². The molecule has 2 saturated carbocycles. The molecular weight excluding hydrogens is 719 g/mol. The van der Waals surface area contributed by atoms with Crippen LogP contribution in [0.3, 0.4) is 0 Å². The van der Waals surface area contributed by atoms with Crippen molar-refractivity contribution >= 4 is 51.2 Å². The summed E-state index contributed by atoms with van der Waals surface area (Å²) in [4.78, 5) is 61.6. The standard InChI is InChI=1S/C43H47N3O6S2/c1-3-42(14-4-5-15-42)29-8-7-25-18-27-26-12-16-43(37(27)36-34(25)39(29)52-40(36)49)30-9-6-23(2)21-53-54-22-45-31-19-24(13-17-44-31)28(35(26)38(43)41(50)51-30)20-46-32(47)10-11-33(46)48/h9-11,13,17,19,23,25-28,37H,3-8,12,14-16,18,20-22H2,1-2H3,(H,44,45). The Hall–Kier alpha value is -3.57. The second kappa shape index (κ2) is 13.0. The van der Waals surface area contributed by atoms with Crippen LogP contribution in [0, 0.1) is 40.4 Å². The van der Waals surface area contributed by atoms with Gasteiger partial charge in [0.2, 0.25) is 0 Å². The fraction of sp³-hybridized carbons (Fsp3) is 0.558. The third kappa shape index (κ3) is 5.01. The number of anilines is 1. The van der Waals surface area contributed by atoms with Crippen molar-refractivity contribution in [3.8, 4) is 0 Å². The Morgan fingerprint density at radius 1 is 1.00 bits per heavy atom. The molecule has 7 atom stereocenters. The van der Waals surface area contributed by atoms with E-state index in [1.807, 2.05) is 12.1 Å². The van der Waals surface area contributed by atoms with Crippen LogP contribution in [0.15, 0.2) is 75.9 Å². The molecule has 54 heavy (non-hydrogen) atoms. The first-order valence-electron chi connectivity index (χ1n) is 20.1. The number of nitrogens with zero attached hydrogens (tertiary/aromatic N) is 2. The van der Waals surface area contributed by atoms with E-state index < -0.39 is 11.3 Å². The number of allylic oxidation sites excluding steroid dienone is 4. The molecule has 6 aliphatic carbocycles. The number of hydrogen-bond donors (Lipinski definition) is 1. The van der Waals surface area contributed by atoms with Crippen LogP contribution in [0.2, 0.25) is 0 Å². The van der Waals surface area contributed by atoms with Gasteiger partial charge in [-0.25, -0.2) is 14.6 Å². The van der Waals surface area contributed by atoms with Crippen molar-refractivity contribution in [1.82, 2.24) is 9.88 Å². The number of carbonyl (C=O) groups excluding carboxylic acids is 4. The normalized spacial score (nSPS) is 35.3. The van der Waals surface area contributed by atoms with Gasteiger partial charge < -0.3 is 14.8 Å². The van der Waals surface area contributed by atoms with Crippen LogP contribution < -0.4 is 5.32 Å². The third-order valence-electron chi connectivity index (χ3n) is 14.7. The number of amides is 2. The van der Waals surface area contributed by atoms with Crippen LogP contribution in [-0.2, 0) is 28.7 Å². The van der Waals surface area contributed by atoms with Crippen molar-refractivity contribution in [2.24, 2.45) is 40.4 Å². The van der Waals surface area contributed by atoms with Crippen molar-refractivity contribution in [3.63, 3.8) is 0 Å². The SMILES string of the molecule is CCC1(C2=C3OC(=O)C4=C3C(CC2)CC2C3CCC5(C6=CCC(C)CSSCNc7cc(ccn7)C(CN7C(=O)C=CC7=O)C3=C5C(=O)O6)C42)CCCC1. The highest BCUT2D eigenvalue weighted by Gasteiger charge is 2.70. The molecule has 5 heterocycles. The zero-order valence-corrected chi connectivity index (χ0v) is 32.6. The lowest BCUT2D eigenvalue weighted by atomic mass is 9.42. The molecule has 1 spiro atoms. The molecule has 282 valence electrons. The number of esters is 2. The Morgan fingerprint density at radius 2 is 1.81 bits per heavy atom. The fourth-order valence-corrected chi connectivity index (χ4v) is 14.5. The Balaban J connectivity index is 1.20. The predicted molar refractivity (Wildman–Crippen MR) is 207 cm³/mol.